The molecule has 0 saturated carbocycles. The maximum atomic E-state index is 13.3. The number of anilines is 1. The van der Waals surface area contributed by atoms with E-state index < -0.39 is 29.0 Å². The van der Waals surface area contributed by atoms with Gasteiger partial charge in [-0.3, -0.25) is 10.1 Å². The molecule has 0 aliphatic heterocycles. The van der Waals surface area contributed by atoms with Crippen molar-refractivity contribution in [3.63, 3.8) is 0 Å². The number of carbonyl (C=O) groups is 1. The fraction of sp³-hybridized carbons (Fsp3) is 0.0625. The van der Waals surface area contributed by atoms with E-state index in [1.807, 2.05) is 0 Å². The van der Waals surface area contributed by atoms with Crippen LogP contribution < -0.4 is 5.32 Å². The van der Waals surface area contributed by atoms with Gasteiger partial charge in [-0.25, -0.2) is 4.39 Å². The Morgan fingerprint density at radius 3 is 2.58 bits per heavy atom. The summed E-state index contributed by atoms with van der Waals surface area (Å²) in [5.41, 5.74) is -1.36. The van der Waals surface area contributed by atoms with Crippen LogP contribution in [-0.2, 0) is 6.18 Å². The second kappa shape index (κ2) is 6.87. The molecule has 10 heteroatoms. The van der Waals surface area contributed by atoms with Crippen molar-refractivity contribution in [2.45, 2.75) is 6.18 Å². The Labute approximate surface area is 152 Å². The summed E-state index contributed by atoms with van der Waals surface area (Å²) in [4.78, 5) is 12.1. The van der Waals surface area contributed by atoms with E-state index in [0.29, 0.717) is 17.7 Å². The van der Waals surface area contributed by atoms with Crippen LogP contribution in [0.15, 0.2) is 51.4 Å². The van der Waals surface area contributed by atoms with Crippen molar-refractivity contribution in [1.29, 1.82) is 0 Å². The van der Waals surface area contributed by atoms with E-state index in [0.717, 1.165) is 10.5 Å². The fourth-order valence-corrected chi connectivity index (χ4v) is 2.46. The second-order valence-electron chi connectivity index (χ2n) is 5.07. The van der Waals surface area contributed by atoms with Gasteiger partial charge in [0, 0.05) is 15.6 Å². The second-order valence-corrected chi connectivity index (χ2v) is 5.98. The standard InChI is InChI=1S/C16H8BrF4N3O2/c17-10-3-1-2-9(6-10)14-23-24-15(26-14)22-13(25)8-4-5-12(18)11(7-8)16(19,20)21/h1-7H,(H,22,24,25). The number of nitrogens with zero attached hydrogens (tertiary/aromatic N) is 2. The minimum Gasteiger partial charge on any atom is -0.403 e. The van der Waals surface area contributed by atoms with E-state index in [1.165, 1.54) is 0 Å². The number of amides is 1. The third kappa shape index (κ3) is 3.90. The minimum absolute atomic E-state index is 0.108. The molecule has 0 atom stereocenters. The first kappa shape index (κ1) is 18.1. The molecule has 0 fully saturated rings. The highest BCUT2D eigenvalue weighted by Crippen LogP contribution is 2.32. The quantitative estimate of drug-likeness (QED) is 0.600. The Bertz CT molecular complexity index is 972. The molecule has 2 aromatic carbocycles. The van der Waals surface area contributed by atoms with Gasteiger partial charge in [-0.1, -0.05) is 27.1 Å². The van der Waals surface area contributed by atoms with Gasteiger partial charge >= 0.3 is 12.2 Å². The summed E-state index contributed by atoms with van der Waals surface area (Å²) in [7, 11) is 0. The zero-order valence-electron chi connectivity index (χ0n) is 12.6. The lowest BCUT2D eigenvalue weighted by molar-refractivity contribution is -0.140. The molecule has 134 valence electrons. The van der Waals surface area contributed by atoms with Crippen molar-refractivity contribution in [1.82, 2.24) is 10.2 Å². The molecule has 26 heavy (non-hydrogen) atoms. The smallest absolute Gasteiger partial charge is 0.403 e. The normalized spacial score (nSPS) is 11.4. The fourth-order valence-electron chi connectivity index (χ4n) is 2.06. The third-order valence-electron chi connectivity index (χ3n) is 3.25. The van der Waals surface area contributed by atoms with E-state index in [-0.39, 0.29) is 11.9 Å². The number of hydrogen-bond acceptors (Lipinski definition) is 4. The molecule has 0 saturated heterocycles. The van der Waals surface area contributed by atoms with Crippen molar-refractivity contribution in [3.05, 3.63) is 63.9 Å². The summed E-state index contributed by atoms with van der Waals surface area (Å²) in [6, 6.07) is 8.52. The van der Waals surface area contributed by atoms with Crippen molar-refractivity contribution in [3.8, 4) is 11.5 Å². The molecule has 3 aromatic rings. The number of alkyl halides is 3. The van der Waals surface area contributed by atoms with Crippen molar-refractivity contribution < 1.29 is 26.8 Å². The van der Waals surface area contributed by atoms with Gasteiger partial charge in [-0.05, 0) is 36.4 Å². The highest BCUT2D eigenvalue weighted by molar-refractivity contribution is 9.10. The van der Waals surface area contributed by atoms with Crippen molar-refractivity contribution in [2.24, 2.45) is 0 Å². The highest BCUT2D eigenvalue weighted by atomic mass is 79.9. The van der Waals surface area contributed by atoms with E-state index in [2.05, 4.69) is 31.4 Å². The minimum atomic E-state index is -4.92. The molecule has 0 spiro atoms. The highest BCUT2D eigenvalue weighted by Gasteiger charge is 2.34. The Morgan fingerprint density at radius 2 is 1.88 bits per heavy atom. The Kier molecular flexibility index (Phi) is 4.77. The zero-order chi connectivity index (χ0) is 18.9. The Morgan fingerprint density at radius 1 is 1.12 bits per heavy atom. The number of aromatic nitrogens is 2. The van der Waals surface area contributed by atoms with Gasteiger partial charge in [-0.15, -0.1) is 5.10 Å². The van der Waals surface area contributed by atoms with Crippen LogP contribution in [-0.4, -0.2) is 16.1 Å². The van der Waals surface area contributed by atoms with Gasteiger partial charge in [0.2, 0.25) is 5.89 Å². The topological polar surface area (TPSA) is 68.0 Å². The summed E-state index contributed by atoms with van der Waals surface area (Å²) in [6.07, 6.45) is -4.92. The van der Waals surface area contributed by atoms with E-state index >= 15 is 0 Å². The number of nitrogens with one attached hydrogen (secondary N) is 1. The SMILES string of the molecule is O=C(Nc1nnc(-c2cccc(Br)c2)o1)c1ccc(F)c(C(F)(F)F)c1. The summed E-state index contributed by atoms with van der Waals surface area (Å²) in [5.74, 6) is -2.31. The largest absolute Gasteiger partial charge is 0.419 e. The van der Waals surface area contributed by atoms with Gasteiger partial charge in [0.1, 0.15) is 5.82 Å². The average molecular weight is 430 g/mol. The number of rotatable bonds is 3. The van der Waals surface area contributed by atoms with Crippen LogP contribution in [0.2, 0.25) is 0 Å². The lowest BCUT2D eigenvalue weighted by Crippen LogP contribution is -2.15. The Balaban J connectivity index is 1.81. The van der Waals surface area contributed by atoms with Gasteiger partial charge < -0.3 is 4.42 Å². The summed E-state index contributed by atoms with van der Waals surface area (Å²) >= 11 is 3.28. The number of carbonyl (C=O) groups excluding carboxylic acids is 1. The van der Waals surface area contributed by atoms with E-state index in [1.54, 1.807) is 24.3 Å². The van der Waals surface area contributed by atoms with E-state index in [9.17, 15) is 22.4 Å². The first-order valence-electron chi connectivity index (χ1n) is 7.01. The monoisotopic (exact) mass is 429 g/mol. The molecule has 0 bridgehead atoms. The van der Waals surface area contributed by atoms with Crippen LogP contribution in [0.25, 0.3) is 11.5 Å². The van der Waals surface area contributed by atoms with Crippen LogP contribution in [0.1, 0.15) is 15.9 Å². The molecule has 1 heterocycles. The molecular formula is C16H8BrF4N3O2. The predicted octanol–water partition coefficient (Wildman–Crippen LogP) is 4.91. The summed E-state index contributed by atoms with van der Waals surface area (Å²) in [6.45, 7) is 0. The molecule has 1 amide bonds. The van der Waals surface area contributed by atoms with Crippen LogP contribution >= 0.6 is 15.9 Å². The van der Waals surface area contributed by atoms with Crippen LogP contribution in [0, 0.1) is 5.82 Å². The molecule has 0 unspecified atom stereocenters. The number of hydrogen-bond donors (Lipinski definition) is 1. The van der Waals surface area contributed by atoms with Crippen molar-refractivity contribution >= 4 is 27.9 Å². The molecule has 0 aliphatic rings. The molecule has 3 rings (SSSR count). The molecule has 0 radical (unpaired) electrons. The molecule has 1 N–H and O–H groups in total. The van der Waals surface area contributed by atoms with Gasteiger partial charge in [0.05, 0.1) is 5.56 Å². The molecule has 0 aliphatic carbocycles. The lowest BCUT2D eigenvalue weighted by Gasteiger charge is -2.09. The first-order chi connectivity index (χ1) is 12.2. The van der Waals surface area contributed by atoms with Crippen LogP contribution in [0.5, 0.6) is 0 Å². The summed E-state index contributed by atoms with van der Waals surface area (Å²) < 4.78 is 57.5. The van der Waals surface area contributed by atoms with Crippen LogP contribution in [0.3, 0.4) is 0 Å². The molecule has 1 aromatic heterocycles. The maximum Gasteiger partial charge on any atom is 0.419 e. The average Bonchev–Trinajstić information content (AvgIpc) is 3.02. The van der Waals surface area contributed by atoms with Gasteiger partial charge in [0.15, 0.2) is 0 Å². The van der Waals surface area contributed by atoms with Gasteiger partial charge in [0.25, 0.3) is 5.91 Å². The van der Waals surface area contributed by atoms with Gasteiger partial charge in [-0.2, -0.15) is 13.2 Å². The number of benzene rings is 2. The Hall–Kier alpha value is -2.75. The third-order valence-corrected chi connectivity index (χ3v) is 3.74. The van der Waals surface area contributed by atoms with Crippen molar-refractivity contribution in [2.75, 3.05) is 5.32 Å². The summed E-state index contributed by atoms with van der Waals surface area (Å²) in [5, 5.41) is 9.55. The first-order valence-corrected chi connectivity index (χ1v) is 7.81. The zero-order valence-corrected chi connectivity index (χ0v) is 14.2. The number of halogens is 5. The molecule has 5 nitrogen and oxygen atoms in total. The maximum absolute atomic E-state index is 13.3. The van der Waals surface area contributed by atoms with E-state index in [4.69, 9.17) is 4.42 Å². The van der Waals surface area contributed by atoms with Crippen LogP contribution in [0.4, 0.5) is 23.6 Å². The predicted molar refractivity (Wildman–Crippen MR) is 86.8 cm³/mol. The molecular weight excluding hydrogens is 422 g/mol. The lowest BCUT2D eigenvalue weighted by atomic mass is 10.1.